The molecule has 0 saturated carbocycles. The number of hydrogen-bond donors (Lipinski definition) is 0. The minimum absolute atomic E-state index is 0.0169. The summed E-state index contributed by atoms with van der Waals surface area (Å²) in [6.07, 6.45) is 4.86. The average Bonchev–Trinajstić information content (AvgIpc) is 2.73. The summed E-state index contributed by atoms with van der Waals surface area (Å²) in [6.45, 7) is 10.5. The molecule has 19 heavy (non-hydrogen) atoms. The van der Waals surface area contributed by atoms with Crippen molar-refractivity contribution in [3.8, 4) is 0 Å². The van der Waals surface area contributed by atoms with E-state index in [-0.39, 0.29) is 17.2 Å². The maximum atomic E-state index is 12.3. The highest BCUT2D eigenvalue weighted by Gasteiger charge is 2.23. The van der Waals surface area contributed by atoms with Gasteiger partial charge in [0.05, 0.1) is 6.21 Å². The molecule has 0 bridgehead atoms. The Morgan fingerprint density at radius 1 is 1.47 bits per heavy atom. The summed E-state index contributed by atoms with van der Waals surface area (Å²) >= 11 is 1.54. The lowest BCUT2D eigenvalue weighted by molar-refractivity contribution is -0.122. The molecule has 1 aromatic rings. The lowest BCUT2D eigenvalue weighted by atomic mass is 9.86. The van der Waals surface area contributed by atoms with Crippen molar-refractivity contribution in [3.05, 3.63) is 16.6 Å². The minimum atomic E-state index is -0.233. The number of Topliss-reactive ketones (excluding diaryl/α,β-unsaturated/α-hetero) is 1. The molecule has 0 aliphatic rings. The van der Waals surface area contributed by atoms with E-state index in [0.717, 1.165) is 11.4 Å². The van der Waals surface area contributed by atoms with Crippen molar-refractivity contribution >= 4 is 23.3 Å². The Morgan fingerprint density at radius 2 is 2.16 bits per heavy atom. The zero-order valence-corrected chi connectivity index (χ0v) is 13.3. The van der Waals surface area contributed by atoms with Gasteiger partial charge in [-0.1, -0.05) is 34.6 Å². The molecule has 1 aromatic heterocycles. The lowest BCUT2D eigenvalue weighted by Gasteiger charge is -2.21. The monoisotopic (exact) mass is 280 g/mol. The summed E-state index contributed by atoms with van der Waals surface area (Å²) in [5, 5.41) is 2.77. The molecule has 4 heteroatoms. The zero-order chi connectivity index (χ0) is 14.5. The summed E-state index contributed by atoms with van der Waals surface area (Å²) in [7, 11) is 0. The van der Waals surface area contributed by atoms with Crippen LogP contribution in [0.15, 0.2) is 16.6 Å². The van der Waals surface area contributed by atoms with Crippen molar-refractivity contribution in [2.75, 3.05) is 0 Å². The van der Waals surface area contributed by atoms with Crippen molar-refractivity contribution in [2.45, 2.75) is 53.5 Å². The van der Waals surface area contributed by atoms with Gasteiger partial charge in [0.25, 0.3) is 0 Å². The first-order valence-electron chi connectivity index (χ1n) is 6.73. The third-order valence-corrected chi connectivity index (χ3v) is 3.30. The number of hydrogen-bond acceptors (Lipinski definition) is 4. The van der Waals surface area contributed by atoms with Gasteiger partial charge in [-0.25, -0.2) is 4.98 Å². The van der Waals surface area contributed by atoms with E-state index in [9.17, 15) is 4.79 Å². The van der Waals surface area contributed by atoms with Gasteiger partial charge < -0.3 is 0 Å². The normalized spacial score (nSPS) is 14.2. The molecule has 1 atom stereocenters. The van der Waals surface area contributed by atoms with Crippen LogP contribution in [0, 0.1) is 11.3 Å². The van der Waals surface area contributed by atoms with Crippen molar-refractivity contribution in [3.63, 3.8) is 0 Å². The highest BCUT2D eigenvalue weighted by atomic mass is 32.1. The SMILES string of the molecule is CC(C)CC(N=Cc1nccs1)C(=O)CC(C)(C)C. The Hall–Kier alpha value is -1.03. The van der Waals surface area contributed by atoms with Crippen LogP contribution in [0.5, 0.6) is 0 Å². The van der Waals surface area contributed by atoms with E-state index in [1.54, 1.807) is 12.4 Å². The molecule has 1 rings (SSSR count). The molecule has 3 nitrogen and oxygen atoms in total. The largest absolute Gasteiger partial charge is 0.297 e. The molecule has 0 aliphatic heterocycles. The molecular weight excluding hydrogens is 256 g/mol. The molecule has 0 aliphatic carbocycles. The Kier molecular flexibility index (Phi) is 5.85. The third-order valence-electron chi connectivity index (χ3n) is 2.59. The zero-order valence-electron chi connectivity index (χ0n) is 12.5. The quantitative estimate of drug-likeness (QED) is 0.740. The van der Waals surface area contributed by atoms with E-state index in [1.165, 1.54) is 11.3 Å². The summed E-state index contributed by atoms with van der Waals surface area (Å²) in [5.74, 6) is 0.691. The molecule has 0 saturated heterocycles. The Labute approximate surface area is 120 Å². The van der Waals surface area contributed by atoms with Crippen LogP contribution in [0.2, 0.25) is 0 Å². The van der Waals surface area contributed by atoms with Gasteiger partial charge >= 0.3 is 0 Å². The van der Waals surface area contributed by atoms with Gasteiger partial charge in [0.15, 0.2) is 5.78 Å². The molecule has 0 radical (unpaired) electrons. The second-order valence-electron chi connectivity index (χ2n) is 6.50. The van der Waals surface area contributed by atoms with E-state index in [0.29, 0.717) is 12.3 Å². The van der Waals surface area contributed by atoms with Gasteiger partial charge in [-0.05, 0) is 17.8 Å². The first-order chi connectivity index (χ1) is 8.78. The Morgan fingerprint density at radius 3 is 2.63 bits per heavy atom. The van der Waals surface area contributed by atoms with Crippen LogP contribution in [-0.2, 0) is 4.79 Å². The number of thiazole rings is 1. The average molecular weight is 280 g/mol. The van der Waals surface area contributed by atoms with Crippen LogP contribution in [0.25, 0.3) is 0 Å². The van der Waals surface area contributed by atoms with Gasteiger partial charge in [-0.2, -0.15) is 0 Å². The smallest absolute Gasteiger partial charge is 0.157 e. The van der Waals surface area contributed by atoms with E-state index in [2.05, 4.69) is 44.6 Å². The fourth-order valence-electron chi connectivity index (χ4n) is 1.81. The number of carbonyl (C=O) groups is 1. The van der Waals surface area contributed by atoms with E-state index in [1.807, 2.05) is 5.38 Å². The molecule has 0 amide bonds. The van der Waals surface area contributed by atoms with Crippen LogP contribution in [0.3, 0.4) is 0 Å². The number of carbonyl (C=O) groups excluding carboxylic acids is 1. The maximum Gasteiger partial charge on any atom is 0.157 e. The van der Waals surface area contributed by atoms with E-state index < -0.39 is 0 Å². The van der Waals surface area contributed by atoms with Crippen LogP contribution >= 0.6 is 11.3 Å². The van der Waals surface area contributed by atoms with Crippen LogP contribution < -0.4 is 0 Å². The number of ketones is 1. The van der Waals surface area contributed by atoms with Crippen molar-refractivity contribution < 1.29 is 4.79 Å². The second kappa shape index (κ2) is 6.94. The standard InChI is InChI=1S/C15H24N2OS/c1-11(2)8-12(13(18)9-15(3,4)5)17-10-14-16-6-7-19-14/h6-7,10-12H,8-9H2,1-5H3. The minimum Gasteiger partial charge on any atom is -0.297 e. The molecular formula is C15H24N2OS. The number of nitrogens with zero attached hydrogens (tertiary/aromatic N) is 2. The highest BCUT2D eigenvalue weighted by molar-refractivity contribution is 7.11. The van der Waals surface area contributed by atoms with Crippen molar-refractivity contribution in [1.82, 2.24) is 4.98 Å². The molecule has 0 N–H and O–H groups in total. The van der Waals surface area contributed by atoms with E-state index >= 15 is 0 Å². The van der Waals surface area contributed by atoms with Crippen LogP contribution in [0.1, 0.15) is 52.5 Å². The second-order valence-corrected chi connectivity index (χ2v) is 7.42. The molecule has 0 spiro atoms. The lowest BCUT2D eigenvalue weighted by Crippen LogP contribution is -2.25. The summed E-state index contributed by atoms with van der Waals surface area (Å²) in [5.41, 5.74) is 0.0169. The van der Waals surface area contributed by atoms with E-state index in [4.69, 9.17) is 0 Å². The molecule has 1 unspecified atom stereocenters. The van der Waals surface area contributed by atoms with Crippen LogP contribution in [-0.4, -0.2) is 23.0 Å². The van der Waals surface area contributed by atoms with Gasteiger partial charge in [0.2, 0.25) is 0 Å². The predicted molar refractivity (Wildman–Crippen MR) is 82.0 cm³/mol. The first kappa shape index (κ1) is 16.0. The molecule has 106 valence electrons. The van der Waals surface area contributed by atoms with Gasteiger partial charge in [-0.3, -0.25) is 9.79 Å². The fourth-order valence-corrected chi connectivity index (χ4v) is 2.32. The summed E-state index contributed by atoms with van der Waals surface area (Å²) < 4.78 is 0. The predicted octanol–water partition coefficient (Wildman–Crippen LogP) is 3.98. The molecule has 0 aromatic carbocycles. The fraction of sp³-hybridized carbons (Fsp3) is 0.667. The topological polar surface area (TPSA) is 42.3 Å². The van der Waals surface area contributed by atoms with Crippen molar-refractivity contribution in [1.29, 1.82) is 0 Å². The Bertz CT molecular complexity index is 416. The molecule has 0 fully saturated rings. The van der Waals surface area contributed by atoms with Gasteiger partial charge in [-0.15, -0.1) is 11.3 Å². The number of aliphatic imine (C=N–C) groups is 1. The maximum absolute atomic E-state index is 12.3. The summed E-state index contributed by atoms with van der Waals surface area (Å²) in [6, 6.07) is -0.233. The van der Waals surface area contributed by atoms with Gasteiger partial charge in [0.1, 0.15) is 11.0 Å². The number of rotatable bonds is 6. The van der Waals surface area contributed by atoms with Crippen LogP contribution in [0.4, 0.5) is 0 Å². The summed E-state index contributed by atoms with van der Waals surface area (Å²) in [4.78, 5) is 20.9. The van der Waals surface area contributed by atoms with Crippen molar-refractivity contribution in [2.24, 2.45) is 16.3 Å². The molecule has 1 heterocycles. The third kappa shape index (κ3) is 6.62. The Balaban J connectivity index is 2.74. The highest BCUT2D eigenvalue weighted by Crippen LogP contribution is 2.22. The van der Waals surface area contributed by atoms with Gasteiger partial charge in [0, 0.05) is 18.0 Å². The first-order valence-corrected chi connectivity index (χ1v) is 7.61. The number of aromatic nitrogens is 1.